The Balaban J connectivity index is 1.63. The molecule has 2 heterocycles. The average Bonchev–Trinajstić information content (AvgIpc) is 2.58. The van der Waals surface area contributed by atoms with E-state index in [0.29, 0.717) is 30.3 Å². The number of carbonyl (C=O) groups is 1. The van der Waals surface area contributed by atoms with E-state index in [9.17, 15) is 4.79 Å². The van der Waals surface area contributed by atoms with E-state index in [2.05, 4.69) is 18.7 Å². The molecule has 0 spiro atoms. The van der Waals surface area contributed by atoms with Crippen molar-refractivity contribution in [1.82, 2.24) is 9.80 Å². The average molecular weight is 330 g/mol. The highest BCUT2D eigenvalue weighted by atomic mass is 16.5. The summed E-state index contributed by atoms with van der Waals surface area (Å²) >= 11 is 0. The number of hydrogen-bond acceptors (Lipinski definition) is 3. The highest BCUT2D eigenvalue weighted by Gasteiger charge is 2.47. The molecule has 0 bridgehead atoms. The Labute approximate surface area is 145 Å². The maximum atomic E-state index is 11.9. The summed E-state index contributed by atoms with van der Waals surface area (Å²) in [6.45, 7) is 9.29. The van der Waals surface area contributed by atoms with E-state index in [-0.39, 0.29) is 6.10 Å². The minimum Gasteiger partial charge on any atom is -0.487 e. The van der Waals surface area contributed by atoms with Gasteiger partial charge in [-0.1, -0.05) is 25.1 Å². The van der Waals surface area contributed by atoms with Gasteiger partial charge in [0.25, 0.3) is 0 Å². The Morgan fingerprint density at radius 2 is 1.88 bits per heavy atom. The van der Waals surface area contributed by atoms with Crippen LogP contribution in [-0.2, 0) is 4.79 Å². The van der Waals surface area contributed by atoms with Gasteiger partial charge in [-0.3, -0.25) is 9.69 Å². The van der Waals surface area contributed by atoms with Crippen molar-refractivity contribution < 1.29 is 9.53 Å². The maximum Gasteiger partial charge on any atom is 0.222 e. The lowest BCUT2D eigenvalue weighted by atomic mass is 9.79. The minimum atomic E-state index is 0.272. The molecule has 24 heavy (non-hydrogen) atoms. The Hall–Kier alpha value is -1.55. The smallest absolute Gasteiger partial charge is 0.222 e. The predicted molar refractivity (Wildman–Crippen MR) is 96.1 cm³/mol. The number of nitrogens with zero attached hydrogens (tertiary/aromatic N) is 2. The molecule has 4 heteroatoms. The standard InChI is InChI=1S/C20H30N2O2/c1-4-19(23)21-12-10-16(11-13-21)20-18(14-22(20)15(2)3)24-17-8-6-5-7-9-17/h5-9,15-16,18,20H,4,10-14H2,1-3H3/t18-,20-/m0/s1. The summed E-state index contributed by atoms with van der Waals surface area (Å²) in [6, 6.07) is 11.2. The number of likely N-dealkylation sites (tertiary alicyclic amines) is 2. The first kappa shape index (κ1) is 17.3. The van der Waals surface area contributed by atoms with E-state index in [0.717, 1.165) is 38.2 Å². The number of carbonyl (C=O) groups excluding carboxylic acids is 1. The molecule has 0 aromatic heterocycles. The maximum absolute atomic E-state index is 11.9. The lowest BCUT2D eigenvalue weighted by Gasteiger charge is -2.54. The van der Waals surface area contributed by atoms with Crippen molar-refractivity contribution in [2.45, 2.75) is 58.2 Å². The molecule has 2 saturated heterocycles. The SMILES string of the molecule is CCC(=O)N1CCC([C@H]2[C@@H](Oc3ccccc3)CN2C(C)C)CC1. The van der Waals surface area contributed by atoms with Crippen LogP contribution in [0.3, 0.4) is 0 Å². The third-order valence-corrected chi connectivity index (χ3v) is 5.53. The van der Waals surface area contributed by atoms with Crippen molar-refractivity contribution in [3.05, 3.63) is 30.3 Å². The van der Waals surface area contributed by atoms with Gasteiger partial charge in [0.2, 0.25) is 5.91 Å². The molecule has 2 aliphatic heterocycles. The molecule has 1 aromatic carbocycles. The van der Waals surface area contributed by atoms with Gasteiger partial charge in [-0.05, 0) is 44.7 Å². The first-order valence-corrected chi connectivity index (χ1v) is 9.35. The number of rotatable bonds is 5. The second kappa shape index (κ2) is 7.56. The molecule has 0 aliphatic carbocycles. The monoisotopic (exact) mass is 330 g/mol. The number of hydrogen-bond donors (Lipinski definition) is 0. The third-order valence-electron chi connectivity index (χ3n) is 5.53. The third kappa shape index (κ3) is 3.59. The molecular weight excluding hydrogens is 300 g/mol. The lowest BCUT2D eigenvalue weighted by Crippen LogP contribution is -2.68. The second-order valence-electron chi connectivity index (χ2n) is 7.32. The summed E-state index contributed by atoms with van der Waals surface area (Å²) in [5.41, 5.74) is 0. The van der Waals surface area contributed by atoms with E-state index in [1.807, 2.05) is 42.2 Å². The van der Waals surface area contributed by atoms with Crippen molar-refractivity contribution >= 4 is 5.91 Å². The molecule has 0 N–H and O–H groups in total. The number of amides is 1. The van der Waals surface area contributed by atoms with Crippen LogP contribution in [0.2, 0.25) is 0 Å². The van der Waals surface area contributed by atoms with Crippen molar-refractivity contribution in [3.63, 3.8) is 0 Å². The molecule has 0 saturated carbocycles. The molecule has 0 radical (unpaired) electrons. The van der Waals surface area contributed by atoms with Gasteiger partial charge in [0.1, 0.15) is 11.9 Å². The van der Waals surface area contributed by atoms with Crippen LogP contribution in [0, 0.1) is 5.92 Å². The number of piperidine rings is 1. The van der Waals surface area contributed by atoms with Gasteiger partial charge in [0.05, 0.1) is 6.04 Å². The molecule has 1 amide bonds. The zero-order chi connectivity index (χ0) is 17.1. The van der Waals surface area contributed by atoms with E-state index in [1.54, 1.807) is 0 Å². The van der Waals surface area contributed by atoms with Crippen LogP contribution in [0.4, 0.5) is 0 Å². The summed E-state index contributed by atoms with van der Waals surface area (Å²) in [7, 11) is 0. The lowest BCUT2D eigenvalue weighted by molar-refractivity contribution is -0.135. The number of benzene rings is 1. The summed E-state index contributed by atoms with van der Waals surface area (Å²) in [5.74, 6) is 1.88. The van der Waals surface area contributed by atoms with Gasteiger partial charge in [-0.2, -0.15) is 0 Å². The van der Waals surface area contributed by atoms with Gasteiger partial charge in [-0.15, -0.1) is 0 Å². The van der Waals surface area contributed by atoms with Gasteiger partial charge < -0.3 is 9.64 Å². The summed E-state index contributed by atoms with van der Waals surface area (Å²) < 4.78 is 6.27. The van der Waals surface area contributed by atoms with Crippen molar-refractivity contribution in [1.29, 1.82) is 0 Å². The summed E-state index contributed by atoms with van der Waals surface area (Å²) in [4.78, 5) is 16.5. The fraction of sp³-hybridized carbons (Fsp3) is 0.650. The van der Waals surface area contributed by atoms with E-state index in [4.69, 9.17) is 4.74 Å². The first-order valence-electron chi connectivity index (χ1n) is 9.35. The molecule has 3 rings (SSSR count). The fourth-order valence-electron chi connectivity index (χ4n) is 4.14. The largest absolute Gasteiger partial charge is 0.487 e. The molecule has 132 valence electrons. The van der Waals surface area contributed by atoms with Crippen LogP contribution in [0.1, 0.15) is 40.0 Å². The predicted octanol–water partition coefficient (Wildman–Crippen LogP) is 3.18. The Bertz CT molecular complexity index is 538. The quantitative estimate of drug-likeness (QED) is 0.831. The molecule has 2 aliphatic rings. The van der Waals surface area contributed by atoms with E-state index in [1.165, 1.54) is 0 Å². The molecule has 0 unspecified atom stereocenters. The molecular formula is C20H30N2O2. The molecule has 2 atom stereocenters. The highest BCUT2D eigenvalue weighted by Crippen LogP contribution is 2.36. The summed E-state index contributed by atoms with van der Waals surface area (Å²) in [5, 5.41) is 0. The van der Waals surface area contributed by atoms with E-state index >= 15 is 0 Å². The fourth-order valence-corrected chi connectivity index (χ4v) is 4.14. The highest BCUT2D eigenvalue weighted by molar-refractivity contribution is 5.75. The van der Waals surface area contributed by atoms with Crippen LogP contribution in [0.25, 0.3) is 0 Å². The van der Waals surface area contributed by atoms with Crippen molar-refractivity contribution in [2.24, 2.45) is 5.92 Å². The van der Waals surface area contributed by atoms with Crippen LogP contribution >= 0.6 is 0 Å². The van der Waals surface area contributed by atoms with Crippen LogP contribution in [-0.4, -0.2) is 53.5 Å². The second-order valence-corrected chi connectivity index (χ2v) is 7.32. The van der Waals surface area contributed by atoms with Crippen LogP contribution in [0.15, 0.2) is 30.3 Å². The van der Waals surface area contributed by atoms with Crippen LogP contribution < -0.4 is 4.74 Å². The van der Waals surface area contributed by atoms with Gasteiger partial charge in [0, 0.05) is 32.1 Å². The first-order chi connectivity index (χ1) is 11.6. The zero-order valence-electron chi connectivity index (χ0n) is 15.1. The van der Waals surface area contributed by atoms with Crippen molar-refractivity contribution in [2.75, 3.05) is 19.6 Å². The molecule has 4 nitrogen and oxygen atoms in total. The van der Waals surface area contributed by atoms with Gasteiger partial charge >= 0.3 is 0 Å². The minimum absolute atomic E-state index is 0.272. The van der Waals surface area contributed by atoms with Crippen LogP contribution in [0.5, 0.6) is 5.75 Å². The van der Waals surface area contributed by atoms with Gasteiger partial charge in [0.15, 0.2) is 0 Å². The Kier molecular flexibility index (Phi) is 5.44. The Morgan fingerprint density at radius 3 is 2.46 bits per heavy atom. The van der Waals surface area contributed by atoms with Gasteiger partial charge in [-0.25, -0.2) is 0 Å². The van der Waals surface area contributed by atoms with Crippen molar-refractivity contribution in [3.8, 4) is 5.75 Å². The zero-order valence-corrected chi connectivity index (χ0v) is 15.1. The number of ether oxygens (including phenoxy) is 1. The number of para-hydroxylation sites is 1. The summed E-state index contributed by atoms with van der Waals surface area (Å²) in [6.07, 6.45) is 3.07. The molecule has 2 fully saturated rings. The normalized spacial score (nSPS) is 25.6. The molecule has 1 aromatic rings. The Morgan fingerprint density at radius 1 is 1.21 bits per heavy atom. The topological polar surface area (TPSA) is 32.8 Å². The van der Waals surface area contributed by atoms with E-state index < -0.39 is 0 Å².